The number of nitrogens with zero attached hydrogens (tertiary/aromatic N) is 2. The molecule has 2 aromatic rings. The van der Waals surface area contributed by atoms with Gasteiger partial charge in [-0.1, -0.05) is 12.1 Å². The highest BCUT2D eigenvalue weighted by Gasteiger charge is 2.32. The van der Waals surface area contributed by atoms with Crippen molar-refractivity contribution in [1.29, 1.82) is 0 Å². The number of hydrogen-bond donors (Lipinski definition) is 0. The number of carbonyl (C=O) groups is 1. The lowest BCUT2D eigenvalue weighted by atomic mass is 10.1. The van der Waals surface area contributed by atoms with E-state index in [-0.39, 0.29) is 5.91 Å². The Hall–Kier alpha value is -1.79. The summed E-state index contributed by atoms with van der Waals surface area (Å²) in [5.41, 5.74) is 3.13. The molecule has 3 rings (SSSR count). The lowest BCUT2D eigenvalue weighted by Crippen LogP contribution is -2.28. The van der Waals surface area contributed by atoms with Crippen LogP contribution in [0.1, 0.15) is 23.8 Å². The number of likely N-dealkylation sites (N-methyl/N-ethyl adjacent to an activating group) is 1. The van der Waals surface area contributed by atoms with E-state index in [1.54, 1.807) is 17.0 Å². The minimum absolute atomic E-state index is 0.0425. The van der Waals surface area contributed by atoms with Crippen molar-refractivity contribution in [3.63, 3.8) is 0 Å². The normalized spacial score (nSPS) is 18.2. The maximum atomic E-state index is 12.6. The van der Waals surface area contributed by atoms with Gasteiger partial charge in [0.15, 0.2) is 9.84 Å². The molecule has 0 unspecified atom stereocenters. The van der Waals surface area contributed by atoms with E-state index < -0.39 is 0 Å². The third kappa shape index (κ3) is 3.49. The van der Waals surface area contributed by atoms with Crippen molar-refractivity contribution in [3.8, 4) is 0 Å². The van der Waals surface area contributed by atoms with Crippen molar-refractivity contribution >= 4 is 50.5 Å². The number of amidine groups is 1. The maximum absolute atomic E-state index is 12.6. The summed E-state index contributed by atoms with van der Waals surface area (Å²) in [6.45, 7) is 6.58. The van der Waals surface area contributed by atoms with Crippen molar-refractivity contribution in [1.82, 2.24) is 4.90 Å². The highest BCUT2D eigenvalue weighted by molar-refractivity contribution is 9.10. The number of rotatable bonds is 3. The summed E-state index contributed by atoms with van der Waals surface area (Å²) in [4.78, 5) is 19.6. The van der Waals surface area contributed by atoms with Crippen molar-refractivity contribution in [2.24, 2.45) is 4.99 Å². The first-order valence-electron chi connectivity index (χ1n) is 7.60. The molecule has 6 heteroatoms. The molecule has 0 bridgehead atoms. The fraction of sp³-hybridized carbons (Fsp3) is 0.222. The molecule has 24 heavy (non-hydrogen) atoms. The van der Waals surface area contributed by atoms with E-state index in [1.165, 1.54) is 11.8 Å². The minimum Gasteiger partial charge on any atom is -0.450 e. The molecule has 1 aromatic heterocycles. The number of halogens is 1. The van der Waals surface area contributed by atoms with Crippen LogP contribution in [0.4, 0.5) is 5.69 Å². The second-order valence-corrected chi connectivity index (χ2v) is 7.28. The van der Waals surface area contributed by atoms with E-state index in [4.69, 9.17) is 9.41 Å². The van der Waals surface area contributed by atoms with E-state index in [1.807, 2.05) is 39.0 Å². The second kappa shape index (κ2) is 6.99. The van der Waals surface area contributed by atoms with Crippen LogP contribution < -0.4 is 0 Å². The molecule has 1 aliphatic rings. The van der Waals surface area contributed by atoms with Gasteiger partial charge < -0.3 is 4.42 Å². The molecule has 0 N–H and O–H groups in total. The van der Waals surface area contributed by atoms with Gasteiger partial charge in [0.25, 0.3) is 5.91 Å². The average Bonchev–Trinajstić information content (AvgIpc) is 3.07. The summed E-state index contributed by atoms with van der Waals surface area (Å²) in [6, 6.07) is 9.76. The minimum atomic E-state index is -0.0425. The largest absolute Gasteiger partial charge is 0.450 e. The molecule has 1 amide bonds. The summed E-state index contributed by atoms with van der Waals surface area (Å²) >= 11 is 4.65. The van der Waals surface area contributed by atoms with E-state index >= 15 is 0 Å². The Balaban J connectivity index is 1.97. The number of amides is 1. The van der Waals surface area contributed by atoms with Crippen LogP contribution >= 0.6 is 27.7 Å². The Morgan fingerprint density at radius 1 is 1.29 bits per heavy atom. The number of aryl methyl sites for hydroxylation is 2. The van der Waals surface area contributed by atoms with E-state index in [9.17, 15) is 4.79 Å². The zero-order valence-corrected chi connectivity index (χ0v) is 16.1. The number of aliphatic imine (C=N–C) groups is 1. The first-order chi connectivity index (χ1) is 11.5. The van der Waals surface area contributed by atoms with Crippen molar-refractivity contribution in [2.45, 2.75) is 20.8 Å². The van der Waals surface area contributed by atoms with Gasteiger partial charge in [-0.2, -0.15) is 0 Å². The summed E-state index contributed by atoms with van der Waals surface area (Å²) < 4.78 is 6.11. The number of benzene rings is 1. The maximum Gasteiger partial charge on any atom is 0.266 e. The summed E-state index contributed by atoms with van der Waals surface area (Å²) in [5.74, 6) is 0.598. The fourth-order valence-electron chi connectivity index (χ4n) is 2.35. The number of carbonyl (C=O) groups excluding carboxylic acids is 1. The Kier molecular flexibility index (Phi) is 4.96. The first kappa shape index (κ1) is 17.0. The lowest BCUT2D eigenvalue weighted by molar-refractivity contribution is -0.122. The van der Waals surface area contributed by atoms with Crippen molar-refractivity contribution < 1.29 is 9.21 Å². The Labute approximate surface area is 153 Å². The number of hydrogen-bond acceptors (Lipinski definition) is 4. The Bertz CT molecular complexity index is 854. The predicted molar refractivity (Wildman–Crippen MR) is 102 cm³/mol. The SMILES string of the molecule is CCN1C(=O)/C(=C\c2ccc(Br)o2)SC1=Nc1cc(C)ccc1C. The predicted octanol–water partition coefficient (Wildman–Crippen LogP) is 5.28. The van der Waals surface area contributed by atoms with Crippen LogP contribution in [-0.4, -0.2) is 22.5 Å². The van der Waals surface area contributed by atoms with Crippen LogP contribution in [0.3, 0.4) is 0 Å². The van der Waals surface area contributed by atoms with Crippen LogP contribution in [-0.2, 0) is 4.79 Å². The van der Waals surface area contributed by atoms with Crippen molar-refractivity contribution in [3.05, 3.63) is 56.8 Å². The van der Waals surface area contributed by atoms with Gasteiger partial charge in [0.05, 0.1) is 10.6 Å². The molecule has 4 nitrogen and oxygen atoms in total. The van der Waals surface area contributed by atoms with Gasteiger partial charge in [-0.25, -0.2) is 4.99 Å². The molecule has 1 aliphatic heterocycles. The molecule has 1 fully saturated rings. The van der Waals surface area contributed by atoms with Gasteiger partial charge >= 0.3 is 0 Å². The molecule has 1 saturated heterocycles. The van der Waals surface area contributed by atoms with Crippen LogP contribution in [0.25, 0.3) is 6.08 Å². The highest BCUT2D eigenvalue weighted by Crippen LogP contribution is 2.35. The first-order valence-corrected chi connectivity index (χ1v) is 9.21. The molecular formula is C18H17BrN2O2S. The van der Waals surface area contributed by atoms with Gasteiger partial charge in [-0.15, -0.1) is 0 Å². The molecule has 0 atom stereocenters. The van der Waals surface area contributed by atoms with Gasteiger partial charge in [0.1, 0.15) is 5.76 Å². The highest BCUT2D eigenvalue weighted by atomic mass is 79.9. The zero-order chi connectivity index (χ0) is 17.3. The molecule has 0 aliphatic carbocycles. The quantitative estimate of drug-likeness (QED) is 0.653. The monoisotopic (exact) mass is 404 g/mol. The van der Waals surface area contributed by atoms with E-state index in [0.717, 1.165) is 16.8 Å². The lowest BCUT2D eigenvalue weighted by Gasteiger charge is -2.12. The Morgan fingerprint density at radius 2 is 2.08 bits per heavy atom. The smallest absolute Gasteiger partial charge is 0.266 e. The molecule has 1 aromatic carbocycles. The van der Waals surface area contributed by atoms with E-state index in [0.29, 0.717) is 27.0 Å². The topological polar surface area (TPSA) is 45.8 Å². The van der Waals surface area contributed by atoms with Crippen LogP contribution in [0.15, 0.2) is 49.3 Å². The van der Waals surface area contributed by atoms with Gasteiger partial charge in [-0.05, 0) is 77.8 Å². The molecule has 0 spiro atoms. The average molecular weight is 405 g/mol. The molecular weight excluding hydrogens is 388 g/mol. The number of furan rings is 1. The standard InChI is InChI=1S/C18H17BrN2O2S/c1-4-21-17(22)15(10-13-7-8-16(19)23-13)24-18(21)20-14-9-11(2)5-6-12(14)3/h5-10H,4H2,1-3H3/b15-10+,20-18?. The van der Waals surface area contributed by atoms with Gasteiger partial charge in [0.2, 0.25) is 0 Å². The summed E-state index contributed by atoms with van der Waals surface area (Å²) in [5, 5.41) is 0.702. The summed E-state index contributed by atoms with van der Waals surface area (Å²) in [6.07, 6.45) is 1.76. The van der Waals surface area contributed by atoms with Gasteiger partial charge in [-0.3, -0.25) is 9.69 Å². The van der Waals surface area contributed by atoms with Crippen LogP contribution in [0, 0.1) is 13.8 Å². The molecule has 0 radical (unpaired) electrons. The number of thioether (sulfide) groups is 1. The zero-order valence-electron chi connectivity index (χ0n) is 13.7. The molecule has 124 valence electrons. The van der Waals surface area contributed by atoms with Gasteiger partial charge in [0, 0.05) is 12.6 Å². The third-order valence-corrected chi connectivity index (χ3v) is 5.09. The fourth-order valence-corrected chi connectivity index (χ4v) is 3.70. The van der Waals surface area contributed by atoms with E-state index in [2.05, 4.69) is 22.0 Å². The summed E-state index contributed by atoms with van der Waals surface area (Å²) in [7, 11) is 0. The van der Waals surface area contributed by atoms with Crippen LogP contribution in [0.2, 0.25) is 0 Å². The van der Waals surface area contributed by atoms with Crippen molar-refractivity contribution in [2.75, 3.05) is 6.54 Å². The third-order valence-electron chi connectivity index (χ3n) is 3.65. The molecule has 0 saturated carbocycles. The second-order valence-electron chi connectivity index (χ2n) is 5.49. The molecule has 2 heterocycles. The van der Waals surface area contributed by atoms with Crippen LogP contribution in [0.5, 0.6) is 0 Å². The Morgan fingerprint density at radius 3 is 2.75 bits per heavy atom.